The molecule has 6 nitrogen and oxygen atoms in total. The third-order valence-corrected chi connectivity index (χ3v) is 6.18. The van der Waals surface area contributed by atoms with Gasteiger partial charge in [-0.05, 0) is 42.2 Å². The fourth-order valence-electron chi connectivity index (χ4n) is 4.46. The standard InChI is InChI=1S/C24H25F6N3O3/c1-31(14-15-11-17(23(25,26)27)13-18(12-15)24(28,29)30)21(34)33-10-6-9-19(32(2)22(35)36)20(33)16-7-4-3-5-8-16/h3-5,7-8,11-13,19-20H,6,9-10,14H2,1-2H3,(H,35,36)/t19-,20-/m1/s1. The van der Waals surface area contributed by atoms with E-state index in [9.17, 15) is 41.0 Å². The zero-order chi connectivity index (χ0) is 26.8. The third-order valence-electron chi connectivity index (χ3n) is 6.18. The highest BCUT2D eigenvalue weighted by atomic mass is 19.4. The molecule has 3 rings (SSSR count). The number of piperidine rings is 1. The molecule has 2 aromatic rings. The van der Waals surface area contributed by atoms with E-state index in [2.05, 4.69) is 0 Å². The van der Waals surface area contributed by atoms with Crippen molar-refractivity contribution in [2.24, 2.45) is 0 Å². The normalized spacial score (nSPS) is 18.6. The first-order chi connectivity index (χ1) is 16.7. The number of alkyl halides is 6. The van der Waals surface area contributed by atoms with Gasteiger partial charge in [0.1, 0.15) is 0 Å². The van der Waals surface area contributed by atoms with Gasteiger partial charge in [0.2, 0.25) is 0 Å². The monoisotopic (exact) mass is 517 g/mol. The van der Waals surface area contributed by atoms with E-state index in [4.69, 9.17) is 0 Å². The summed E-state index contributed by atoms with van der Waals surface area (Å²) in [6.07, 6.45) is -10.3. The highest BCUT2D eigenvalue weighted by Gasteiger charge is 2.41. The summed E-state index contributed by atoms with van der Waals surface area (Å²) in [6, 6.07) is 7.98. The zero-order valence-electron chi connectivity index (χ0n) is 19.5. The number of urea groups is 1. The molecule has 0 aromatic heterocycles. The molecule has 0 radical (unpaired) electrons. The van der Waals surface area contributed by atoms with Crippen molar-refractivity contribution < 1.29 is 41.0 Å². The van der Waals surface area contributed by atoms with Gasteiger partial charge in [0.25, 0.3) is 0 Å². The van der Waals surface area contributed by atoms with Crippen molar-refractivity contribution in [1.82, 2.24) is 14.7 Å². The van der Waals surface area contributed by atoms with E-state index in [1.54, 1.807) is 30.3 Å². The lowest BCUT2D eigenvalue weighted by molar-refractivity contribution is -0.143. The lowest BCUT2D eigenvalue weighted by Crippen LogP contribution is -2.54. The molecule has 3 amide bonds. The quantitative estimate of drug-likeness (QED) is 0.499. The predicted molar refractivity (Wildman–Crippen MR) is 118 cm³/mol. The summed E-state index contributed by atoms with van der Waals surface area (Å²) in [5.74, 6) is 0. The molecule has 36 heavy (non-hydrogen) atoms. The molecule has 196 valence electrons. The number of hydrogen-bond donors (Lipinski definition) is 1. The summed E-state index contributed by atoms with van der Waals surface area (Å²) in [5.41, 5.74) is -2.59. The topological polar surface area (TPSA) is 64.1 Å². The van der Waals surface area contributed by atoms with E-state index in [1.165, 1.54) is 19.0 Å². The molecule has 0 aliphatic carbocycles. The van der Waals surface area contributed by atoms with E-state index in [0.717, 1.165) is 9.80 Å². The van der Waals surface area contributed by atoms with E-state index in [0.29, 0.717) is 30.5 Å². The summed E-state index contributed by atoms with van der Waals surface area (Å²) in [4.78, 5) is 28.7. The largest absolute Gasteiger partial charge is 0.465 e. The minimum atomic E-state index is -5.00. The number of amides is 3. The van der Waals surface area contributed by atoms with Crippen LogP contribution in [0.4, 0.5) is 35.9 Å². The Labute approximate surface area is 203 Å². The highest BCUT2D eigenvalue weighted by molar-refractivity contribution is 5.75. The van der Waals surface area contributed by atoms with Crippen LogP contribution in [-0.2, 0) is 18.9 Å². The molecule has 2 aromatic carbocycles. The Morgan fingerprint density at radius 3 is 2.03 bits per heavy atom. The number of carbonyl (C=O) groups excluding carboxylic acids is 1. The Bertz CT molecular complexity index is 1060. The van der Waals surface area contributed by atoms with Gasteiger partial charge in [-0.3, -0.25) is 0 Å². The molecule has 1 saturated heterocycles. The van der Waals surface area contributed by atoms with Crippen molar-refractivity contribution in [3.05, 3.63) is 70.8 Å². The molecule has 2 atom stereocenters. The maximum atomic E-state index is 13.4. The lowest BCUT2D eigenvalue weighted by Gasteiger charge is -2.45. The van der Waals surface area contributed by atoms with Crippen molar-refractivity contribution in [2.75, 3.05) is 20.6 Å². The summed E-state index contributed by atoms with van der Waals surface area (Å²) in [5, 5.41) is 9.54. The van der Waals surface area contributed by atoms with Crippen molar-refractivity contribution in [3.8, 4) is 0 Å². The summed E-state index contributed by atoms with van der Waals surface area (Å²) in [7, 11) is 2.67. The Kier molecular flexibility index (Phi) is 7.75. The molecule has 1 aliphatic rings. The molecule has 1 heterocycles. The van der Waals surface area contributed by atoms with Crippen LogP contribution in [0.3, 0.4) is 0 Å². The molecule has 1 N–H and O–H groups in total. The van der Waals surface area contributed by atoms with Gasteiger partial charge in [0.15, 0.2) is 0 Å². The fourth-order valence-corrected chi connectivity index (χ4v) is 4.46. The molecule has 0 saturated carbocycles. The van der Waals surface area contributed by atoms with Gasteiger partial charge in [-0.2, -0.15) is 26.3 Å². The molecule has 0 spiro atoms. The molecule has 1 fully saturated rings. The first kappa shape index (κ1) is 27.2. The Morgan fingerprint density at radius 2 is 1.53 bits per heavy atom. The number of carboxylic acid groups (broad SMARTS) is 1. The van der Waals surface area contributed by atoms with Crippen LogP contribution in [0.2, 0.25) is 0 Å². The Morgan fingerprint density at radius 1 is 0.972 bits per heavy atom. The summed E-state index contributed by atoms with van der Waals surface area (Å²) >= 11 is 0. The lowest BCUT2D eigenvalue weighted by atomic mass is 9.89. The van der Waals surface area contributed by atoms with Crippen molar-refractivity contribution in [3.63, 3.8) is 0 Å². The number of likely N-dealkylation sites (N-methyl/N-ethyl adjacent to an activating group) is 1. The van der Waals surface area contributed by atoms with Gasteiger partial charge in [0, 0.05) is 27.2 Å². The van der Waals surface area contributed by atoms with Crippen molar-refractivity contribution in [2.45, 2.75) is 43.8 Å². The van der Waals surface area contributed by atoms with Gasteiger partial charge in [-0.25, -0.2) is 9.59 Å². The predicted octanol–water partition coefficient (Wildman–Crippen LogP) is 6.09. The van der Waals surface area contributed by atoms with E-state index >= 15 is 0 Å². The first-order valence-electron chi connectivity index (χ1n) is 11.0. The van der Waals surface area contributed by atoms with Crippen LogP contribution in [0.1, 0.15) is 41.1 Å². The van der Waals surface area contributed by atoms with Gasteiger partial charge in [-0.1, -0.05) is 30.3 Å². The number of hydrogen-bond acceptors (Lipinski definition) is 2. The number of carbonyl (C=O) groups is 2. The average molecular weight is 517 g/mol. The number of nitrogens with zero attached hydrogens (tertiary/aromatic N) is 3. The number of likely N-dealkylation sites (tertiary alicyclic amines) is 1. The minimum Gasteiger partial charge on any atom is -0.465 e. The number of rotatable bonds is 4. The summed E-state index contributed by atoms with van der Waals surface area (Å²) < 4.78 is 79.4. The van der Waals surface area contributed by atoms with Crippen LogP contribution in [0.15, 0.2) is 48.5 Å². The number of benzene rings is 2. The maximum Gasteiger partial charge on any atom is 0.416 e. The van der Waals surface area contributed by atoms with Gasteiger partial charge >= 0.3 is 24.5 Å². The van der Waals surface area contributed by atoms with Crippen molar-refractivity contribution in [1.29, 1.82) is 0 Å². The second-order valence-electron chi connectivity index (χ2n) is 8.70. The molecular formula is C24H25F6N3O3. The second-order valence-corrected chi connectivity index (χ2v) is 8.70. The Hall–Kier alpha value is -3.44. The van der Waals surface area contributed by atoms with Crippen LogP contribution in [0.25, 0.3) is 0 Å². The zero-order valence-corrected chi connectivity index (χ0v) is 19.5. The van der Waals surface area contributed by atoms with Crippen LogP contribution < -0.4 is 0 Å². The maximum absolute atomic E-state index is 13.4. The molecule has 0 bridgehead atoms. The molecule has 0 unspecified atom stereocenters. The molecule has 12 heteroatoms. The van der Waals surface area contributed by atoms with E-state index in [-0.39, 0.29) is 18.2 Å². The number of halogens is 6. The molecular weight excluding hydrogens is 492 g/mol. The second kappa shape index (κ2) is 10.3. The van der Waals surface area contributed by atoms with Crippen LogP contribution >= 0.6 is 0 Å². The van der Waals surface area contributed by atoms with Crippen molar-refractivity contribution >= 4 is 12.1 Å². The molecule has 1 aliphatic heterocycles. The third kappa shape index (κ3) is 6.03. The van der Waals surface area contributed by atoms with Gasteiger partial charge in [0.05, 0.1) is 23.2 Å². The van der Waals surface area contributed by atoms with Crippen LogP contribution in [-0.4, -0.2) is 58.6 Å². The highest BCUT2D eigenvalue weighted by Crippen LogP contribution is 2.38. The smallest absolute Gasteiger partial charge is 0.416 e. The minimum absolute atomic E-state index is 0.0354. The van der Waals surface area contributed by atoms with Gasteiger partial charge < -0.3 is 19.8 Å². The summed E-state index contributed by atoms with van der Waals surface area (Å²) in [6.45, 7) is -0.271. The SMILES string of the molecule is CN(Cc1cc(C(F)(F)F)cc(C(F)(F)F)c1)C(=O)N1CCC[C@@H](N(C)C(=O)O)[C@H]1c1ccccc1. The van der Waals surface area contributed by atoms with E-state index < -0.39 is 54.2 Å². The van der Waals surface area contributed by atoms with Gasteiger partial charge in [-0.15, -0.1) is 0 Å². The van der Waals surface area contributed by atoms with E-state index in [1.807, 2.05) is 0 Å². The van der Waals surface area contributed by atoms with Crippen LogP contribution in [0.5, 0.6) is 0 Å². The fraction of sp³-hybridized carbons (Fsp3) is 0.417. The first-order valence-corrected chi connectivity index (χ1v) is 11.0. The van der Waals surface area contributed by atoms with Crippen LogP contribution in [0, 0.1) is 0 Å². The Balaban J connectivity index is 1.94. The average Bonchev–Trinajstić information content (AvgIpc) is 2.81.